The first-order valence-electron chi connectivity index (χ1n) is 9.98. The number of likely N-dealkylation sites (tertiary alicyclic amines) is 1. The third-order valence-corrected chi connectivity index (χ3v) is 5.79. The largest absolute Gasteiger partial charge is 0.352 e. The molecule has 1 aliphatic heterocycles. The van der Waals surface area contributed by atoms with Gasteiger partial charge in [-0.05, 0) is 67.9 Å². The van der Waals surface area contributed by atoms with Gasteiger partial charge in [0.2, 0.25) is 11.8 Å². The lowest BCUT2D eigenvalue weighted by atomic mass is 9.96. The number of nitrogens with zero attached hydrogens (tertiary/aromatic N) is 1. The van der Waals surface area contributed by atoms with Gasteiger partial charge in [-0.15, -0.1) is 0 Å². The summed E-state index contributed by atoms with van der Waals surface area (Å²) < 4.78 is 37.6. The second-order valence-corrected chi connectivity index (χ2v) is 8.41. The van der Waals surface area contributed by atoms with Crippen LogP contribution in [0.5, 0.6) is 0 Å². The zero-order valence-electron chi connectivity index (χ0n) is 16.8. The van der Waals surface area contributed by atoms with Crippen LogP contribution in [0.15, 0.2) is 53.4 Å². The quantitative estimate of drug-likeness (QED) is 0.593. The molecule has 0 aliphatic carbocycles. The van der Waals surface area contributed by atoms with Crippen LogP contribution in [-0.4, -0.2) is 42.1 Å². The number of amides is 2. The number of benzene rings is 2. The van der Waals surface area contributed by atoms with Crippen molar-refractivity contribution in [3.8, 4) is 0 Å². The maximum absolute atomic E-state index is 12.9. The Hall–Kier alpha value is -2.52. The van der Waals surface area contributed by atoms with E-state index in [9.17, 15) is 22.8 Å². The molecule has 1 saturated heterocycles. The van der Waals surface area contributed by atoms with Gasteiger partial charge in [0.25, 0.3) is 5.76 Å². The van der Waals surface area contributed by atoms with Gasteiger partial charge in [-0.25, -0.2) is 4.39 Å². The molecule has 0 aromatic heterocycles. The Morgan fingerprint density at radius 1 is 1.03 bits per heavy atom. The van der Waals surface area contributed by atoms with Crippen molar-refractivity contribution in [2.24, 2.45) is 5.92 Å². The van der Waals surface area contributed by atoms with Gasteiger partial charge in [-0.1, -0.05) is 23.9 Å². The van der Waals surface area contributed by atoms with Crippen LogP contribution in [-0.2, 0) is 16.1 Å². The van der Waals surface area contributed by atoms with Crippen molar-refractivity contribution in [3.63, 3.8) is 0 Å². The van der Waals surface area contributed by atoms with Gasteiger partial charge in [0.1, 0.15) is 5.82 Å². The molecule has 3 rings (SSSR count). The highest BCUT2D eigenvalue weighted by Crippen LogP contribution is 2.26. The molecule has 166 valence electrons. The second-order valence-electron chi connectivity index (χ2n) is 7.35. The number of hydrogen-bond donors (Lipinski definition) is 2. The molecule has 1 fully saturated rings. The van der Waals surface area contributed by atoms with Gasteiger partial charge in [0.15, 0.2) is 0 Å². The van der Waals surface area contributed by atoms with Crippen LogP contribution >= 0.6 is 11.8 Å². The Kier molecular flexibility index (Phi) is 8.36. The summed E-state index contributed by atoms with van der Waals surface area (Å²) in [6.07, 6.45) is 1.31. The number of carbonyl (C=O) groups is 2. The summed E-state index contributed by atoms with van der Waals surface area (Å²) in [5, 5.41) is 5.65. The molecule has 0 spiro atoms. The van der Waals surface area contributed by atoms with Crippen LogP contribution in [0.3, 0.4) is 0 Å². The molecule has 5 nitrogen and oxygen atoms in total. The molecule has 0 unspecified atom stereocenters. The van der Waals surface area contributed by atoms with E-state index >= 15 is 0 Å². The van der Waals surface area contributed by atoms with Gasteiger partial charge >= 0.3 is 0 Å². The Morgan fingerprint density at radius 3 is 2.29 bits per heavy atom. The minimum atomic E-state index is -2.48. The number of nitrogens with one attached hydrogen (secondary N) is 2. The first-order valence-corrected chi connectivity index (χ1v) is 10.9. The first kappa shape index (κ1) is 23.1. The molecule has 9 heteroatoms. The highest BCUT2D eigenvalue weighted by atomic mass is 32.2. The van der Waals surface area contributed by atoms with Crippen LogP contribution in [0.25, 0.3) is 0 Å². The molecule has 2 aromatic carbocycles. The number of carbonyl (C=O) groups excluding carboxylic acids is 2. The molecule has 0 atom stereocenters. The van der Waals surface area contributed by atoms with E-state index in [4.69, 9.17) is 0 Å². The molecule has 1 heterocycles. The van der Waals surface area contributed by atoms with E-state index < -0.39 is 5.76 Å². The minimum Gasteiger partial charge on any atom is -0.352 e. The normalized spacial score (nSPS) is 15.1. The summed E-state index contributed by atoms with van der Waals surface area (Å²) in [4.78, 5) is 27.1. The topological polar surface area (TPSA) is 61.4 Å². The SMILES string of the molecule is O=C(CN1CCC(C(=O)NCc2ccc(F)cc2)CC1)Nc1ccc(SC(F)F)cc1. The van der Waals surface area contributed by atoms with Crippen molar-refractivity contribution >= 4 is 29.3 Å². The minimum absolute atomic E-state index is 0.0322. The predicted octanol–water partition coefficient (Wildman–Crippen LogP) is 4.11. The van der Waals surface area contributed by atoms with E-state index in [1.807, 2.05) is 4.90 Å². The van der Waals surface area contributed by atoms with Gasteiger partial charge in [-0.2, -0.15) is 8.78 Å². The zero-order chi connectivity index (χ0) is 22.2. The van der Waals surface area contributed by atoms with Crippen molar-refractivity contribution < 1.29 is 22.8 Å². The fourth-order valence-electron chi connectivity index (χ4n) is 3.41. The van der Waals surface area contributed by atoms with Crippen LogP contribution in [0.4, 0.5) is 18.9 Å². The standard InChI is InChI=1S/C22H24F3N3O2S/c23-17-3-1-15(2-4-17)13-26-21(30)16-9-11-28(12-10-16)14-20(29)27-18-5-7-19(8-6-18)31-22(24)25/h1-8,16,22H,9-14H2,(H,26,30)(H,27,29). The lowest BCUT2D eigenvalue weighted by Gasteiger charge is -2.30. The fourth-order valence-corrected chi connectivity index (χ4v) is 3.91. The number of thioether (sulfide) groups is 1. The van der Waals surface area contributed by atoms with E-state index in [2.05, 4.69) is 10.6 Å². The van der Waals surface area contributed by atoms with E-state index in [0.29, 0.717) is 54.8 Å². The summed E-state index contributed by atoms with van der Waals surface area (Å²) in [6.45, 7) is 1.83. The number of alkyl halides is 2. The number of hydrogen-bond acceptors (Lipinski definition) is 4. The van der Waals surface area contributed by atoms with Gasteiger partial charge in [0, 0.05) is 23.0 Å². The first-order chi connectivity index (χ1) is 14.9. The Labute approximate surface area is 183 Å². The molecule has 2 amide bonds. The van der Waals surface area contributed by atoms with Crippen LogP contribution in [0.1, 0.15) is 18.4 Å². The van der Waals surface area contributed by atoms with Crippen LogP contribution < -0.4 is 10.6 Å². The number of anilines is 1. The van der Waals surface area contributed by atoms with Gasteiger partial charge < -0.3 is 10.6 Å². The van der Waals surface area contributed by atoms with Crippen molar-refractivity contribution in [1.82, 2.24) is 10.2 Å². The van der Waals surface area contributed by atoms with E-state index in [-0.39, 0.29) is 30.1 Å². The van der Waals surface area contributed by atoms with Gasteiger partial charge in [-0.3, -0.25) is 14.5 Å². The highest BCUT2D eigenvalue weighted by Gasteiger charge is 2.25. The lowest BCUT2D eigenvalue weighted by molar-refractivity contribution is -0.126. The van der Waals surface area contributed by atoms with Crippen molar-refractivity contribution in [2.75, 3.05) is 25.0 Å². The summed E-state index contributed by atoms with van der Waals surface area (Å²) in [6, 6.07) is 12.3. The number of halogens is 3. The molecule has 2 aromatic rings. The third kappa shape index (κ3) is 7.59. The van der Waals surface area contributed by atoms with E-state index in [1.165, 1.54) is 12.1 Å². The predicted molar refractivity (Wildman–Crippen MR) is 114 cm³/mol. The van der Waals surface area contributed by atoms with Crippen molar-refractivity contribution in [3.05, 3.63) is 59.9 Å². The maximum atomic E-state index is 12.9. The summed E-state index contributed by atoms with van der Waals surface area (Å²) in [5.74, 6) is -3.12. The molecule has 0 bridgehead atoms. The number of rotatable bonds is 8. The van der Waals surface area contributed by atoms with Crippen molar-refractivity contribution in [2.45, 2.75) is 30.0 Å². The Morgan fingerprint density at radius 2 is 1.68 bits per heavy atom. The maximum Gasteiger partial charge on any atom is 0.288 e. The van der Waals surface area contributed by atoms with E-state index in [0.717, 1.165) is 5.56 Å². The summed E-state index contributed by atoms with van der Waals surface area (Å²) in [7, 11) is 0. The molecule has 1 aliphatic rings. The molecular weight excluding hydrogens is 427 g/mol. The molecule has 31 heavy (non-hydrogen) atoms. The molecule has 2 N–H and O–H groups in total. The Bertz CT molecular complexity index is 871. The summed E-state index contributed by atoms with van der Waals surface area (Å²) in [5.41, 5.74) is 1.39. The van der Waals surface area contributed by atoms with Crippen molar-refractivity contribution in [1.29, 1.82) is 0 Å². The zero-order valence-corrected chi connectivity index (χ0v) is 17.6. The van der Waals surface area contributed by atoms with Gasteiger partial charge in [0.05, 0.1) is 6.54 Å². The van der Waals surface area contributed by atoms with Crippen LogP contribution in [0, 0.1) is 11.7 Å². The monoisotopic (exact) mass is 451 g/mol. The third-order valence-electron chi connectivity index (χ3n) is 5.07. The fraction of sp³-hybridized carbons (Fsp3) is 0.364. The number of piperidine rings is 1. The molecule has 0 radical (unpaired) electrons. The Balaban J connectivity index is 1.37. The summed E-state index contributed by atoms with van der Waals surface area (Å²) >= 11 is 0.458. The average Bonchev–Trinajstić information content (AvgIpc) is 2.74. The smallest absolute Gasteiger partial charge is 0.288 e. The van der Waals surface area contributed by atoms with E-state index in [1.54, 1.807) is 36.4 Å². The lowest BCUT2D eigenvalue weighted by Crippen LogP contribution is -2.43. The molecule has 0 saturated carbocycles. The second kappa shape index (κ2) is 11.2. The average molecular weight is 452 g/mol. The van der Waals surface area contributed by atoms with Crippen LogP contribution in [0.2, 0.25) is 0 Å². The highest BCUT2D eigenvalue weighted by molar-refractivity contribution is 7.99. The molecular formula is C22H24F3N3O2S.